The maximum Gasteiger partial charge on any atom is 0.317 e. The Kier molecular flexibility index (Phi) is 6.31. The van der Waals surface area contributed by atoms with Crippen molar-refractivity contribution in [2.75, 3.05) is 13.1 Å². The topological polar surface area (TPSA) is 54.5 Å². The zero-order chi connectivity index (χ0) is 22.6. The number of piperidine rings is 1. The highest BCUT2D eigenvalue weighted by Crippen LogP contribution is 2.40. The van der Waals surface area contributed by atoms with E-state index in [0.29, 0.717) is 16.8 Å². The number of rotatable bonds is 5. The monoisotopic (exact) mass is 459 g/mol. The van der Waals surface area contributed by atoms with E-state index in [4.69, 9.17) is 16.3 Å². The zero-order valence-electron chi connectivity index (χ0n) is 18.3. The Morgan fingerprint density at radius 3 is 2.64 bits per heavy atom. The summed E-state index contributed by atoms with van der Waals surface area (Å²) >= 11 is 5.88. The number of urea groups is 1. The molecule has 2 fully saturated rings. The first-order valence-electron chi connectivity index (χ1n) is 11.3. The van der Waals surface area contributed by atoms with Crippen LogP contribution < -0.4 is 10.1 Å². The Hall–Kier alpha value is -3.31. The molecule has 1 saturated carbocycles. The number of ether oxygens (including phenoxy) is 1. The lowest BCUT2D eigenvalue weighted by atomic mass is 10.0. The van der Waals surface area contributed by atoms with Crippen LogP contribution >= 0.6 is 11.6 Å². The quantitative estimate of drug-likeness (QED) is 0.489. The average Bonchev–Trinajstić information content (AvgIpc) is 3.61. The Labute approximate surface area is 199 Å². The van der Waals surface area contributed by atoms with E-state index in [1.54, 1.807) is 18.3 Å². The normalized spacial score (nSPS) is 19.7. The molecule has 0 radical (unpaired) electrons. The molecule has 2 amide bonds. The molecule has 1 N–H and O–H groups in total. The number of carbonyl (C=O) groups excluding carboxylic acids is 1. The lowest BCUT2D eigenvalue weighted by Gasteiger charge is -2.28. The highest BCUT2D eigenvalue weighted by molar-refractivity contribution is 6.30. The smallest absolute Gasteiger partial charge is 0.317 e. The van der Waals surface area contributed by atoms with Crippen molar-refractivity contribution >= 4 is 23.7 Å². The molecule has 3 aromatic rings. The molecule has 6 heteroatoms. The lowest BCUT2D eigenvalue weighted by Crippen LogP contribution is -2.44. The first-order valence-corrected chi connectivity index (χ1v) is 11.7. The molecule has 0 spiro atoms. The second-order valence-electron chi connectivity index (χ2n) is 8.59. The van der Waals surface area contributed by atoms with Gasteiger partial charge in [0.05, 0.1) is 5.02 Å². The number of nitrogens with one attached hydrogen (secondary N) is 1. The van der Waals surface area contributed by atoms with Gasteiger partial charge in [0, 0.05) is 37.3 Å². The molecular weight excluding hydrogens is 434 g/mol. The van der Waals surface area contributed by atoms with Crippen LogP contribution in [0.2, 0.25) is 5.02 Å². The van der Waals surface area contributed by atoms with E-state index in [1.807, 2.05) is 29.2 Å². The minimum absolute atomic E-state index is 0.0587. The molecule has 2 aliphatic rings. The number of nitrogens with zero attached hydrogens (tertiary/aromatic N) is 2. The van der Waals surface area contributed by atoms with Gasteiger partial charge in [-0.2, -0.15) is 0 Å². The van der Waals surface area contributed by atoms with Crippen LogP contribution in [0.4, 0.5) is 4.79 Å². The van der Waals surface area contributed by atoms with Crippen molar-refractivity contribution in [2.45, 2.75) is 31.2 Å². The van der Waals surface area contributed by atoms with E-state index < -0.39 is 0 Å². The van der Waals surface area contributed by atoms with Crippen LogP contribution in [0.25, 0.3) is 6.08 Å². The summed E-state index contributed by atoms with van der Waals surface area (Å²) < 4.78 is 5.83. The summed E-state index contributed by atoms with van der Waals surface area (Å²) in [6, 6.07) is 22.2. The van der Waals surface area contributed by atoms with Crippen molar-refractivity contribution in [1.82, 2.24) is 15.2 Å². The van der Waals surface area contributed by atoms with Crippen molar-refractivity contribution in [1.29, 1.82) is 0 Å². The Bertz CT molecular complexity index is 1140. The third-order valence-electron chi connectivity index (χ3n) is 6.17. The highest BCUT2D eigenvalue weighted by Gasteiger charge is 2.40. The van der Waals surface area contributed by atoms with E-state index >= 15 is 0 Å². The van der Waals surface area contributed by atoms with Crippen LogP contribution in [0.1, 0.15) is 36.3 Å². The van der Waals surface area contributed by atoms with Crippen LogP contribution in [0.3, 0.4) is 0 Å². The number of hydrogen-bond donors (Lipinski definition) is 1. The molecule has 2 heterocycles. The fourth-order valence-corrected chi connectivity index (χ4v) is 4.37. The number of benzene rings is 2. The second-order valence-corrected chi connectivity index (χ2v) is 9.02. The van der Waals surface area contributed by atoms with Gasteiger partial charge in [0.2, 0.25) is 5.88 Å². The molecule has 5 rings (SSSR count). The minimum Gasteiger partial charge on any atom is -0.439 e. The highest BCUT2D eigenvalue weighted by atomic mass is 35.5. The SMILES string of the molecule is O=C(N[C@@H]1C[C@H]1c1ccccc1)N1CCC(=Cc2cccc(Oc3ccc(Cl)cn3)c2)CC1. The number of carbonyl (C=O) groups is 1. The summed E-state index contributed by atoms with van der Waals surface area (Å²) in [5.74, 6) is 1.69. The molecule has 0 unspecified atom stereocenters. The fraction of sp³-hybridized carbons (Fsp3) is 0.259. The molecule has 5 nitrogen and oxygen atoms in total. The van der Waals surface area contributed by atoms with Gasteiger partial charge in [-0.25, -0.2) is 9.78 Å². The van der Waals surface area contributed by atoms with Crippen molar-refractivity contribution in [2.24, 2.45) is 0 Å². The number of halogens is 1. The maximum atomic E-state index is 12.7. The molecule has 0 bridgehead atoms. The number of amides is 2. The zero-order valence-corrected chi connectivity index (χ0v) is 19.0. The van der Waals surface area contributed by atoms with Crippen molar-refractivity contribution in [3.8, 4) is 11.6 Å². The third-order valence-corrected chi connectivity index (χ3v) is 6.40. The predicted molar refractivity (Wildman–Crippen MR) is 131 cm³/mol. The molecular formula is C27H26ClN3O2. The van der Waals surface area contributed by atoms with Gasteiger partial charge < -0.3 is 15.0 Å². The van der Waals surface area contributed by atoms with Gasteiger partial charge in [0.1, 0.15) is 5.75 Å². The number of hydrogen-bond acceptors (Lipinski definition) is 3. The molecule has 2 atom stereocenters. The largest absolute Gasteiger partial charge is 0.439 e. The standard InChI is InChI=1S/C27H26ClN3O2/c28-22-9-10-26(29-18-22)33-23-8-4-5-20(16-23)15-19-11-13-31(14-12-19)27(32)30-25-17-24(25)21-6-2-1-3-7-21/h1-10,15-16,18,24-25H,11-14,17H2,(H,30,32)/t24-,25+/m0/s1. The van der Waals surface area contributed by atoms with Crippen LogP contribution in [0, 0.1) is 0 Å². The summed E-state index contributed by atoms with van der Waals surface area (Å²) in [5.41, 5.74) is 3.73. The van der Waals surface area contributed by atoms with Crippen LogP contribution in [0.15, 0.2) is 78.5 Å². The Morgan fingerprint density at radius 2 is 1.88 bits per heavy atom. The van der Waals surface area contributed by atoms with Crippen molar-refractivity contribution < 1.29 is 9.53 Å². The van der Waals surface area contributed by atoms with Crippen LogP contribution in [-0.4, -0.2) is 35.0 Å². The molecule has 1 aliphatic carbocycles. The molecule has 168 valence electrons. The van der Waals surface area contributed by atoms with Gasteiger partial charge >= 0.3 is 6.03 Å². The Balaban J connectivity index is 1.13. The molecule has 33 heavy (non-hydrogen) atoms. The van der Waals surface area contributed by atoms with E-state index in [9.17, 15) is 4.79 Å². The molecule has 1 saturated heterocycles. The van der Waals surface area contributed by atoms with Crippen molar-refractivity contribution in [3.05, 3.63) is 94.6 Å². The van der Waals surface area contributed by atoms with Gasteiger partial charge in [0.25, 0.3) is 0 Å². The van der Waals surface area contributed by atoms with Crippen LogP contribution in [-0.2, 0) is 0 Å². The molecule has 1 aliphatic heterocycles. The lowest BCUT2D eigenvalue weighted by molar-refractivity contribution is 0.193. The number of aromatic nitrogens is 1. The van der Waals surface area contributed by atoms with Gasteiger partial charge in [-0.05, 0) is 48.6 Å². The second kappa shape index (κ2) is 9.67. The van der Waals surface area contributed by atoms with Gasteiger partial charge in [0.15, 0.2) is 0 Å². The summed E-state index contributed by atoms with van der Waals surface area (Å²) in [6.07, 6.45) is 6.55. The summed E-state index contributed by atoms with van der Waals surface area (Å²) in [5, 5.41) is 3.79. The maximum absolute atomic E-state index is 12.7. The minimum atomic E-state index is 0.0587. The number of likely N-dealkylation sites (tertiary alicyclic amines) is 1. The van der Waals surface area contributed by atoms with Gasteiger partial charge in [-0.3, -0.25) is 0 Å². The Morgan fingerprint density at radius 1 is 1.06 bits per heavy atom. The van der Waals surface area contributed by atoms with Crippen LogP contribution in [0.5, 0.6) is 11.6 Å². The first kappa shape index (κ1) is 21.5. The number of pyridine rings is 1. The third kappa shape index (κ3) is 5.55. The van der Waals surface area contributed by atoms with E-state index in [1.165, 1.54) is 11.1 Å². The average molecular weight is 460 g/mol. The first-order chi connectivity index (χ1) is 16.1. The summed E-state index contributed by atoms with van der Waals surface area (Å²) in [7, 11) is 0. The molecule has 1 aromatic heterocycles. The van der Waals surface area contributed by atoms with Gasteiger partial charge in [-0.15, -0.1) is 0 Å². The molecule has 2 aromatic carbocycles. The summed E-state index contributed by atoms with van der Waals surface area (Å²) in [4.78, 5) is 18.8. The fourth-order valence-electron chi connectivity index (χ4n) is 4.26. The van der Waals surface area contributed by atoms with E-state index in [2.05, 4.69) is 46.7 Å². The predicted octanol–water partition coefficient (Wildman–Crippen LogP) is 6.27. The van der Waals surface area contributed by atoms with E-state index in [0.717, 1.165) is 43.7 Å². The van der Waals surface area contributed by atoms with E-state index in [-0.39, 0.29) is 12.1 Å². The van der Waals surface area contributed by atoms with Crippen molar-refractivity contribution in [3.63, 3.8) is 0 Å². The van der Waals surface area contributed by atoms with Gasteiger partial charge in [-0.1, -0.05) is 65.7 Å². The summed E-state index contributed by atoms with van der Waals surface area (Å²) in [6.45, 7) is 1.48.